The van der Waals surface area contributed by atoms with Crippen molar-refractivity contribution in [2.45, 2.75) is 13.3 Å². The Hall–Kier alpha value is -0.970. The molecule has 1 rings (SSSR count). The molecule has 5 heteroatoms. The molecular weight excluding hydrogens is 254 g/mol. The van der Waals surface area contributed by atoms with Gasteiger partial charge in [-0.05, 0) is 22.0 Å². The van der Waals surface area contributed by atoms with E-state index in [1.807, 2.05) is 0 Å². The molecule has 1 aromatic rings. The number of nitrogens with zero attached hydrogens (tertiary/aromatic N) is 1. The zero-order valence-corrected chi connectivity index (χ0v) is 9.11. The molecule has 2 N–H and O–H groups in total. The molecule has 14 heavy (non-hydrogen) atoms. The zero-order chi connectivity index (χ0) is 10.7. The molecule has 2 nitrogen and oxygen atoms in total. The van der Waals surface area contributed by atoms with Crippen LogP contribution in [0.1, 0.15) is 13.3 Å². The van der Waals surface area contributed by atoms with Crippen LogP contribution in [-0.4, -0.2) is 5.84 Å². The van der Waals surface area contributed by atoms with Gasteiger partial charge in [0, 0.05) is 12.5 Å². The van der Waals surface area contributed by atoms with E-state index in [0.717, 1.165) is 6.07 Å². The first kappa shape index (κ1) is 11.1. The van der Waals surface area contributed by atoms with Gasteiger partial charge in [-0.15, -0.1) is 0 Å². The van der Waals surface area contributed by atoms with Gasteiger partial charge in [-0.1, -0.05) is 6.92 Å². The molecule has 0 heterocycles. The smallest absolute Gasteiger partial charge is 0.151 e. The van der Waals surface area contributed by atoms with E-state index in [0.29, 0.717) is 12.3 Å². The number of rotatable bonds is 2. The Labute approximate surface area is 89.0 Å². The molecule has 0 aromatic heterocycles. The summed E-state index contributed by atoms with van der Waals surface area (Å²) in [5.41, 5.74) is 5.48. The Morgan fingerprint density at radius 3 is 2.64 bits per heavy atom. The summed E-state index contributed by atoms with van der Waals surface area (Å²) in [5, 5.41) is 0. The molecule has 0 saturated carbocycles. The Balaban J connectivity index is 3.16. The average molecular weight is 263 g/mol. The number of hydrogen-bond donors (Lipinski definition) is 1. The summed E-state index contributed by atoms with van der Waals surface area (Å²) >= 11 is 2.94. The monoisotopic (exact) mass is 262 g/mol. The summed E-state index contributed by atoms with van der Waals surface area (Å²) in [4.78, 5) is 3.80. The van der Waals surface area contributed by atoms with Gasteiger partial charge in [-0.2, -0.15) is 0 Å². The van der Waals surface area contributed by atoms with E-state index in [-0.39, 0.29) is 10.2 Å². The van der Waals surface area contributed by atoms with Gasteiger partial charge in [0.1, 0.15) is 11.5 Å². The number of benzene rings is 1. The van der Waals surface area contributed by atoms with Gasteiger partial charge in [0.15, 0.2) is 5.82 Å². The fourth-order valence-electron chi connectivity index (χ4n) is 0.832. The van der Waals surface area contributed by atoms with Crippen LogP contribution >= 0.6 is 15.9 Å². The second-order valence-electron chi connectivity index (χ2n) is 2.67. The van der Waals surface area contributed by atoms with Crippen LogP contribution in [0.15, 0.2) is 21.6 Å². The maximum atomic E-state index is 13.1. The minimum absolute atomic E-state index is 0.0395. The van der Waals surface area contributed by atoms with Gasteiger partial charge in [0.25, 0.3) is 0 Å². The van der Waals surface area contributed by atoms with Crippen LogP contribution in [0.4, 0.5) is 14.5 Å². The first-order chi connectivity index (χ1) is 6.54. The van der Waals surface area contributed by atoms with E-state index in [9.17, 15) is 8.78 Å². The summed E-state index contributed by atoms with van der Waals surface area (Å²) in [6.45, 7) is 1.80. The molecule has 0 atom stereocenters. The number of amidine groups is 1. The summed E-state index contributed by atoms with van der Waals surface area (Å²) in [5.74, 6) is -1.07. The molecule has 0 radical (unpaired) electrons. The van der Waals surface area contributed by atoms with Gasteiger partial charge >= 0.3 is 0 Å². The molecule has 76 valence electrons. The van der Waals surface area contributed by atoms with E-state index < -0.39 is 11.6 Å². The first-order valence-electron chi connectivity index (χ1n) is 4.02. The van der Waals surface area contributed by atoms with E-state index in [1.54, 1.807) is 6.92 Å². The van der Waals surface area contributed by atoms with E-state index in [2.05, 4.69) is 20.9 Å². The fourth-order valence-corrected chi connectivity index (χ4v) is 1.16. The van der Waals surface area contributed by atoms with Crippen molar-refractivity contribution in [3.63, 3.8) is 0 Å². The average Bonchev–Trinajstić information content (AvgIpc) is 2.14. The number of aliphatic imine (C=N–C) groups is 1. The molecule has 0 aliphatic heterocycles. The normalized spacial score (nSPS) is 11.9. The summed E-state index contributed by atoms with van der Waals surface area (Å²) in [6.07, 6.45) is 0.522. The molecule has 0 aliphatic carbocycles. The Bertz CT molecular complexity index is 377. The van der Waals surface area contributed by atoms with Crippen LogP contribution in [0, 0.1) is 11.6 Å². The van der Waals surface area contributed by atoms with Crippen molar-refractivity contribution in [3.05, 3.63) is 28.2 Å². The molecular formula is C9H9BrF2N2. The van der Waals surface area contributed by atoms with Crippen molar-refractivity contribution in [3.8, 4) is 0 Å². The van der Waals surface area contributed by atoms with Crippen LogP contribution in [0.3, 0.4) is 0 Å². The fraction of sp³-hybridized carbons (Fsp3) is 0.222. The summed E-state index contributed by atoms with van der Waals surface area (Å²) in [7, 11) is 0. The van der Waals surface area contributed by atoms with Crippen molar-refractivity contribution in [2.75, 3.05) is 0 Å². The largest absolute Gasteiger partial charge is 0.387 e. The quantitative estimate of drug-likeness (QED) is 0.497. The van der Waals surface area contributed by atoms with Gasteiger partial charge in [-0.25, -0.2) is 13.8 Å². The van der Waals surface area contributed by atoms with Gasteiger partial charge in [-0.3, -0.25) is 0 Å². The van der Waals surface area contributed by atoms with Crippen molar-refractivity contribution in [2.24, 2.45) is 10.7 Å². The van der Waals surface area contributed by atoms with E-state index in [1.165, 1.54) is 6.07 Å². The molecule has 0 bridgehead atoms. The Morgan fingerprint density at radius 1 is 1.43 bits per heavy atom. The van der Waals surface area contributed by atoms with Crippen molar-refractivity contribution < 1.29 is 8.78 Å². The topological polar surface area (TPSA) is 38.4 Å². The number of nitrogens with two attached hydrogens (primary N) is 1. The van der Waals surface area contributed by atoms with Crippen LogP contribution < -0.4 is 5.73 Å². The highest BCUT2D eigenvalue weighted by Gasteiger charge is 2.07. The molecule has 0 amide bonds. The Kier molecular flexibility index (Phi) is 3.57. The van der Waals surface area contributed by atoms with Crippen molar-refractivity contribution in [1.29, 1.82) is 0 Å². The van der Waals surface area contributed by atoms with Gasteiger partial charge in [0.05, 0.1) is 10.3 Å². The highest BCUT2D eigenvalue weighted by atomic mass is 79.9. The zero-order valence-electron chi connectivity index (χ0n) is 7.52. The van der Waals surface area contributed by atoms with E-state index in [4.69, 9.17) is 5.73 Å². The number of halogens is 3. The predicted octanol–water partition coefficient (Wildman–Crippen LogP) is 3.13. The summed E-state index contributed by atoms with van der Waals surface area (Å²) in [6, 6.07) is 2.03. The molecule has 0 unspecified atom stereocenters. The molecule has 0 saturated heterocycles. The summed E-state index contributed by atoms with van der Waals surface area (Å²) < 4.78 is 26.1. The van der Waals surface area contributed by atoms with Gasteiger partial charge in [0.2, 0.25) is 0 Å². The first-order valence-corrected chi connectivity index (χ1v) is 4.81. The Morgan fingerprint density at radius 2 is 2.07 bits per heavy atom. The molecule has 1 aromatic carbocycles. The van der Waals surface area contributed by atoms with E-state index >= 15 is 0 Å². The van der Waals surface area contributed by atoms with Crippen LogP contribution in [0.5, 0.6) is 0 Å². The third-order valence-electron chi connectivity index (χ3n) is 1.62. The second kappa shape index (κ2) is 4.50. The third kappa shape index (κ3) is 2.51. The van der Waals surface area contributed by atoms with Crippen LogP contribution in [-0.2, 0) is 0 Å². The maximum absolute atomic E-state index is 13.1. The highest BCUT2D eigenvalue weighted by Crippen LogP contribution is 2.25. The second-order valence-corrected chi connectivity index (χ2v) is 3.53. The molecule has 0 fully saturated rings. The third-order valence-corrected chi connectivity index (χ3v) is 2.22. The van der Waals surface area contributed by atoms with Gasteiger partial charge < -0.3 is 5.73 Å². The van der Waals surface area contributed by atoms with Crippen molar-refractivity contribution >= 4 is 27.5 Å². The number of hydrogen-bond acceptors (Lipinski definition) is 1. The highest BCUT2D eigenvalue weighted by molar-refractivity contribution is 9.10. The predicted molar refractivity (Wildman–Crippen MR) is 55.6 cm³/mol. The minimum atomic E-state index is -0.720. The minimum Gasteiger partial charge on any atom is -0.387 e. The lowest BCUT2D eigenvalue weighted by molar-refractivity contribution is 0.580. The van der Waals surface area contributed by atoms with Crippen LogP contribution in [0.25, 0.3) is 0 Å². The molecule has 0 aliphatic rings. The lowest BCUT2D eigenvalue weighted by atomic mass is 10.3. The van der Waals surface area contributed by atoms with Crippen LogP contribution in [0.2, 0.25) is 0 Å². The molecule has 0 spiro atoms. The lowest BCUT2D eigenvalue weighted by Crippen LogP contribution is -2.08. The SMILES string of the molecule is CCC(N)=Nc1cc(Br)c(F)cc1F. The lowest BCUT2D eigenvalue weighted by Gasteiger charge is -2.01. The standard InChI is InChI=1S/C9H9BrF2N2/c1-2-9(13)14-8-3-5(10)6(11)4-7(8)12/h3-4H,2H2,1H3,(H2,13,14). The maximum Gasteiger partial charge on any atom is 0.151 e. The van der Waals surface area contributed by atoms with Crippen molar-refractivity contribution in [1.82, 2.24) is 0 Å².